The molecule has 0 fully saturated rings. The highest BCUT2D eigenvalue weighted by atomic mass is 32.2. The minimum Gasteiger partial charge on any atom is -0.495 e. The molecule has 0 aliphatic carbocycles. The Hall–Kier alpha value is -2.58. The maximum absolute atomic E-state index is 12.9. The number of benzene rings is 2. The van der Waals surface area contributed by atoms with Gasteiger partial charge in [0, 0.05) is 25.2 Å². The Kier molecular flexibility index (Phi) is 6.23. The first-order valence-electron chi connectivity index (χ1n) is 8.04. The molecule has 0 heterocycles. The highest BCUT2D eigenvalue weighted by Crippen LogP contribution is 2.30. The van der Waals surface area contributed by atoms with Gasteiger partial charge < -0.3 is 15.8 Å². The lowest BCUT2D eigenvalue weighted by Crippen LogP contribution is -2.37. The number of hydrogen-bond donors (Lipinski definition) is 2. The summed E-state index contributed by atoms with van der Waals surface area (Å²) < 4.78 is 32.1. The molecule has 1 atom stereocenters. The number of anilines is 1. The van der Waals surface area contributed by atoms with Crippen molar-refractivity contribution in [3.63, 3.8) is 0 Å². The van der Waals surface area contributed by atoms with Gasteiger partial charge in [-0.25, -0.2) is 8.42 Å². The summed E-state index contributed by atoms with van der Waals surface area (Å²) in [6.45, 7) is 2.11. The second kappa shape index (κ2) is 8.20. The van der Waals surface area contributed by atoms with Crippen molar-refractivity contribution in [2.45, 2.75) is 17.9 Å². The summed E-state index contributed by atoms with van der Waals surface area (Å²) in [4.78, 5) is 12.1. The fourth-order valence-electron chi connectivity index (χ4n) is 2.32. The molecule has 0 unspecified atom stereocenters. The highest BCUT2D eigenvalue weighted by molar-refractivity contribution is 7.92. The molecule has 7 nitrogen and oxygen atoms in total. The van der Waals surface area contributed by atoms with Gasteiger partial charge >= 0.3 is 0 Å². The van der Waals surface area contributed by atoms with E-state index in [1.165, 1.54) is 38.4 Å². The van der Waals surface area contributed by atoms with Gasteiger partial charge in [-0.15, -0.1) is 0 Å². The minimum absolute atomic E-state index is 0.0781. The lowest BCUT2D eigenvalue weighted by Gasteiger charge is -2.21. The van der Waals surface area contributed by atoms with E-state index in [-0.39, 0.29) is 16.8 Å². The van der Waals surface area contributed by atoms with Crippen LogP contribution < -0.4 is 20.1 Å². The van der Waals surface area contributed by atoms with Crippen molar-refractivity contribution >= 4 is 21.6 Å². The van der Waals surface area contributed by atoms with Crippen LogP contribution in [0.3, 0.4) is 0 Å². The summed E-state index contributed by atoms with van der Waals surface area (Å²) >= 11 is 0. The molecule has 8 heteroatoms. The molecule has 3 N–H and O–H groups in total. The average Bonchev–Trinajstić information content (AvgIpc) is 2.67. The summed E-state index contributed by atoms with van der Waals surface area (Å²) in [6.07, 6.45) is 0. The molecule has 0 aliphatic heterocycles. The number of rotatable bonds is 7. The Bertz CT molecular complexity index is 866. The monoisotopic (exact) mass is 377 g/mol. The summed E-state index contributed by atoms with van der Waals surface area (Å²) in [5.41, 5.74) is 6.27. The van der Waals surface area contributed by atoms with Gasteiger partial charge in [0.05, 0.1) is 17.7 Å². The standard InChI is InChI=1S/C18H23N3O4S/c1-13(12-19)20-18(22)14-8-10-15(11-9-14)26(23,24)21(2)16-6-4-5-7-17(16)25-3/h4-11,13H,12,19H2,1-3H3,(H,20,22)/t13-/m0/s1. The van der Waals surface area contributed by atoms with Crippen molar-refractivity contribution in [2.24, 2.45) is 5.73 Å². The van der Waals surface area contributed by atoms with Crippen LogP contribution in [-0.4, -0.2) is 41.1 Å². The smallest absolute Gasteiger partial charge is 0.264 e. The van der Waals surface area contributed by atoms with Crippen LogP contribution in [0.5, 0.6) is 5.75 Å². The van der Waals surface area contributed by atoms with Crippen LogP contribution in [0.4, 0.5) is 5.69 Å². The number of carbonyl (C=O) groups excluding carboxylic acids is 1. The van der Waals surface area contributed by atoms with Crippen molar-refractivity contribution < 1.29 is 17.9 Å². The second-order valence-corrected chi connectivity index (χ2v) is 7.75. The van der Waals surface area contributed by atoms with E-state index in [2.05, 4.69) is 5.32 Å². The number of carbonyl (C=O) groups is 1. The fourth-order valence-corrected chi connectivity index (χ4v) is 3.53. The topological polar surface area (TPSA) is 102 Å². The van der Waals surface area contributed by atoms with Gasteiger partial charge in [0.15, 0.2) is 0 Å². The Morgan fingerprint density at radius 3 is 2.38 bits per heavy atom. The molecule has 26 heavy (non-hydrogen) atoms. The van der Waals surface area contributed by atoms with E-state index in [9.17, 15) is 13.2 Å². The third-order valence-electron chi connectivity index (χ3n) is 3.93. The van der Waals surface area contributed by atoms with E-state index in [1.54, 1.807) is 31.2 Å². The summed E-state index contributed by atoms with van der Waals surface area (Å²) in [7, 11) is -0.857. The molecule has 2 rings (SSSR count). The molecule has 0 saturated carbocycles. The predicted octanol–water partition coefficient (Wildman–Crippen LogP) is 1.60. The molecule has 0 aliphatic rings. The molecule has 0 radical (unpaired) electrons. The zero-order chi connectivity index (χ0) is 19.3. The van der Waals surface area contributed by atoms with Gasteiger partial charge in [-0.2, -0.15) is 0 Å². The van der Waals surface area contributed by atoms with E-state index < -0.39 is 10.0 Å². The van der Waals surface area contributed by atoms with Crippen LogP contribution in [0.1, 0.15) is 17.3 Å². The van der Waals surface area contributed by atoms with E-state index >= 15 is 0 Å². The van der Waals surface area contributed by atoms with Crippen molar-refractivity contribution in [1.29, 1.82) is 0 Å². The fraction of sp³-hybridized carbons (Fsp3) is 0.278. The van der Waals surface area contributed by atoms with Crippen LogP contribution in [0, 0.1) is 0 Å². The van der Waals surface area contributed by atoms with E-state index in [0.717, 1.165) is 4.31 Å². The highest BCUT2D eigenvalue weighted by Gasteiger charge is 2.24. The van der Waals surface area contributed by atoms with Crippen molar-refractivity contribution in [3.05, 3.63) is 54.1 Å². The predicted molar refractivity (Wildman–Crippen MR) is 101 cm³/mol. The number of ether oxygens (including phenoxy) is 1. The normalized spacial score (nSPS) is 12.3. The largest absolute Gasteiger partial charge is 0.495 e. The first kappa shape index (κ1) is 19.7. The number of nitrogens with zero attached hydrogens (tertiary/aromatic N) is 1. The van der Waals surface area contributed by atoms with Crippen molar-refractivity contribution in [1.82, 2.24) is 5.32 Å². The zero-order valence-electron chi connectivity index (χ0n) is 15.0. The van der Waals surface area contributed by atoms with Gasteiger partial charge in [-0.05, 0) is 43.3 Å². The number of nitrogens with two attached hydrogens (primary N) is 1. The molecular weight excluding hydrogens is 354 g/mol. The Balaban J connectivity index is 2.28. The molecule has 2 aromatic rings. The van der Waals surface area contributed by atoms with Gasteiger partial charge in [0.1, 0.15) is 5.75 Å². The lowest BCUT2D eigenvalue weighted by atomic mass is 10.2. The lowest BCUT2D eigenvalue weighted by molar-refractivity contribution is 0.0941. The van der Waals surface area contributed by atoms with Crippen LogP contribution in [0.15, 0.2) is 53.4 Å². The van der Waals surface area contributed by atoms with Crippen LogP contribution >= 0.6 is 0 Å². The number of amides is 1. The number of hydrogen-bond acceptors (Lipinski definition) is 5. The number of para-hydroxylation sites is 2. The quantitative estimate of drug-likeness (QED) is 0.763. The first-order chi connectivity index (χ1) is 12.3. The van der Waals surface area contributed by atoms with Gasteiger partial charge in [0.2, 0.25) is 0 Å². The van der Waals surface area contributed by atoms with E-state index in [0.29, 0.717) is 23.5 Å². The third-order valence-corrected chi connectivity index (χ3v) is 5.72. The molecule has 2 aromatic carbocycles. The Labute approximate surface area is 153 Å². The molecule has 0 spiro atoms. The molecule has 140 valence electrons. The number of methoxy groups -OCH3 is 1. The van der Waals surface area contributed by atoms with Gasteiger partial charge in [0.25, 0.3) is 15.9 Å². The average molecular weight is 377 g/mol. The molecule has 0 bridgehead atoms. The second-order valence-electron chi connectivity index (χ2n) is 5.78. The Morgan fingerprint density at radius 1 is 1.19 bits per heavy atom. The summed E-state index contributed by atoms with van der Waals surface area (Å²) in [5.74, 6) is 0.148. The molecule has 1 amide bonds. The maximum atomic E-state index is 12.9. The number of sulfonamides is 1. The third kappa shape index (κ3) is 4.14. The van der Waals surface area contributed by atoms with Gasteiger partial charge in [-0.3, -0.25) is 9.10 Å². The van der Waals surface area contributed by atoms with Crippen molar-refractivity contribution in [3.8, 4) is 5.75 Å². The SMILES string of the molecule is COc1ccccc1N(C)S(=O)(=O)c1ccc(C(=O)N[C@@H](C)CN)cc1. The van der Waals surface area contributed by atoms with Crippen LogP contribution in [-0.2, 0) is 10.0 Å². The molecule has 0 aromatic heterocycles. The van der Waals surface area contributed by atoms with E-state index in [4.69, 9.17) is 10.5 Å². The molecule has 0 saturated heterocycles. The van der Waals surface area contributed by atoms with Crippen LogP contribution in [0.2, 0.25) is 0 Å². The van der Waals surface area contributed by atoms with E-state index in [1.807, 2.05) is 0 Å². The first-order valence-corrected chi connectivity index (χ1v) is 9.48. The van der Waals surface area contributed by atoms with Crippen molar-refractivity contribution in [2.75, 3.05) is 25.0 Å². The van der Waals surface area contributed by atoms with Crippen LogP contribution in [0.25, 0.3) is 0 Å². The Morgan fingerprint density at radius 2 is 1.81 bits per heavy atom. The summed E-state index contributed by atoms with van der Waals surface area (Å²) in [5, 5.41) is 2.73. The number of nitrogens with one attached hydrogen (secondary N) is 1. The zero-order valence-corrected chi connectivity index (χ0v) is 15.8. The van der Waals surface area contributed by atoms with Gasteiger partial charge in [-0.1, -0.05) is 12.1 Å². The summed E-state index contributed by atoms with van der Waals surface area (Å²) in [6, 6.07) is 12.4. The molecular formula is C18H23N3O4S. The minimum atomic E-state index is -3.79. The maximum Gasteiger partial charge on any atom is 0.264 e.